The fraction of sp³-hybridized carbons (Fsp3) is 0.0625. The van der Waals surface area contributed by atoms with Gasteiger partial charge >= 0.3 is 0 Å². The van der Waals surface area contributed by atoms with Gasteiger partial charge in [-0.1, -0.05) is 65.4 Å². The minimum atomic E-state index is 0.739. The van der Waals surface area contributed by atoms with Gasteiger partial charge in [0.2, 0.25) is 4.96 Å². The van der Waals surface area contributed by atoms with Gasteiger partial charge in [0.1, 0.15) is 5.01 Å². The van der Waals surface area contributed by atoms with Crippen LogP contribution in [0.3, 0.4) is 0 Å². The Hall–Kier alpha value is -2.24. The molecule has 0 aliphatic rings. The SMILES string of the molecule is Clc1cccc(Cc2nn3c(-c4ccccc4)nnc3s2)c1. The standard InChI is InChI=1S/C16H11ClN4S/c17-13-8-4-5-11(9-13)10-14-20-21-15(18-19-16(21)22-14)12-6-2-1-3-7-12/h1-9H,10H2. The molecule has 0 radical (unpaired) electrons. The van der Waals surface area contributed by atoms with Crippen LogP contribution in [0.5, 0.6) is 0 Å². The summed E-state index contributed by atoms with van der Waals surface area (Å²) in [5.41, 5.74) is 2.15. The Morgan fingerprint density at radius 2 is 1.86 bits per heavy atom. The van der Waals surface area contributed by atoms with E-state index in [2.05, 4.69) is 15.3 Å². The average molecular weight is 327 g/mol. The third-order valence-corrected chi connectivity index (χ3v) is 4.44. The molecule has 0 saturated heterocycles. The van der Waals surface area contributed by atoms with Crippen LogP contribution in [0.25, 0.3) is 16.3 Å². The zero-order chi connectivity index (χ0) is 14.9. The van der Waals surface area contributed by atoms with Gasteiger partial charge in [0.15, 0.2) is 5.82 Å². The number of benzene rings is 2. The maximum Gasteiger partial charge on any atom is 0.234 e. The van der Waals surface area contributed by atoms with Gasteiger partial charge in [-0.15, -0.1) is 10.2 Å². The third-order valence-electron chi connectivity index (χ3n) is 3.31. The molecule has 4 aromatic rings. The molecule has 0 unspecified atom stereocenters. The maximum absolute atomic E-state index is 6.03. The van der Waals surface area contributed by atoms with Crippen LogP contribution in [0, 0.1) is 0 Å². The highest BCUT2D eigenvalue weighted by atomic mass is 35.5. The maximum atomic E-state index is 6.03. The fourth-order valence-electron chi connectivity index (χ4n) is 2.32. The van der Waals surface area contributed by atoms with Crippen LogP contribution >= 0.6 is 22.9 Å². The van der Waals surface area contributed by atoms with E-state index in [9.17, 15) is 0 Å². The van der Waals surface area contributed by atoms with Crippen molar-refractivity contribution in [3.63, 3.8) is 0 Å². The summed E-state index contributed by atoms with van der Waals surface area (Å²) in [7, 11) is 0. The smallest absolute Gasteiger partial charge is 0.183 e. The molecule has 4 rings (SSSR count). The molecule has 108 valence electrons. The Bertz CT molecular complexity index is 930. The molecule has 2 heterocycles. The topological polar surface area (TPSA) is 43.1 Å². The van der Waals surface area contributed by atoms with Crippen molar-refractivity contribution in [1.29, 1.82) is 0 Å². The second-order valence-corrected chi connectivity index (χ2v) is 6.36. The molecule has 0 N–H and O–H groups in total. The Kier molecular flexibility index (Phi) is 3.36. The van der Waals surface area contributed by atoms with Crippen LogP contribution in [0.15, 0.2) is 54.6 Å². The van der Waals surface area contributed by atoms with Gasteiger partial charge in [-0.25, -0.2) is 0 Å². The first-order chi connectivity index (χ1) is 10.8. The Morgan fingerprint density at radius 1 is 1.00 bits per heavy atom. The highest BCUT2D eigenvalue weighted by molar-refractivity contribution is 7.16. The van der Waals surface area contributed by atoms with Crippen molar-refractivity contribution >= 4 is 27.9 Å². The largest absolute Gasteiger partial charge is 0.234 e. The minimum absolute atomic E-state index is 0.739. The summed E-state index contributed by atoms with van der Waals surface area (Å²) in [6.45, 7) is 0. The number of fused-ring (bicyclic) bond motifs is 1. The zero-order valence-electron chi connectivity index (χ0n) is 11.5. The van der Waals surface area contributed by atoms with Crippen molar-refractivity contribution in [3.05, 3.63) is 70.2 Å². The molecule has 4 nitrogen and oxygen atoms in total. The van der Waals surface area contributed by atoms with Crippen LogP contribution in [-0.2, 0) is 6.42 Å². The van der Waals surface area contributed by atoms with Gasteiger partial charge in [0.25, 0.3) is 0 Å². The van der Waals surface area contributed by atoms with Crippen LogP contribution in [0.1, 0.15) is 10.6 Å². The number of halogens is 1. The Morgan fingerprint density at radius 3 is 2.68 bits per heavy atom. The predicted octanol–water partition coefficient (Wildman–Crippen LogP) is 4.10. The normalized spacial score (nSPS) is 11.1. The lowest BCUT2D eigenvalue weighted by molar-refractivity contribution is 0.918. The summed E-state index contributed by atoms with van der Waals surface area (Å²) in [5, 5.41) is 14.8. The fourth-order valence-corrected chi connectivity index (χ4v) is 3.40. The quantitative estimate of drug-likeness (QED) is 0.569. The number of hydrogen-bond donors (Lipinski definition) is 0. The predicted molar refractivity (Wildman–Crippen MR) is 88.4 cm³/mol. The van der Waals surface area contributed by atoms with E-state index in [1.807, 2.05) is 54.6 Å². The van der Waals surface area contributed by atoms with E-state index in [1.54, 1.807) is 15.9 Å². The van der Waals surface area contributed by atoms with E-state index in [-0.39, 0.29) is 0 Å². The lowest BCUT2D eigenvalue weighted by Crippen LogP contribution is -1.93. The van der Waals surface area contributed by atoms with Gasteiger partial charge in [-0.05, 0) is 17.7 Å². The third kappa shape index (κ3) is 2.49. The van der Waals surface area contributed by atoms with Crippen LogP contribution in [0.2, 0.25) is 5.02 Å². The van der Waals surface area contributed by atoms with Crippen molar-refractivity contribution in [1.82, 2.24) is 19.8 Å². The van der Waals surface area contributed by atoms with Gasteiger partial charge in [-0.3, -0.25) is 0 Å². The summed E-state index contributed by atoms with van der Waals surface area (Å²) in [4.78, 5) is 0.802. The molecule has 0 bridgehead atoms. The van der Waals surface area contributed by atoms with Crippen LogP contribution in [0.4, 0.5) is 0 Å². The molecule has 0 fully saturated rings. The van der Waals surface area contributed by atoms with Crippen molar-refractivity contribution in [2.45, 2.75) is 6.42 Å². The lowest BCUT2D eigenvalue weighted by atomic mass is 10.2. The molecule has 0 aliphatic heterocycles. The number of rotatable bonds is 3. The van der Waals surface area contributed by atoms with E-state index in [0.717, 1.165) is 38.4 Å². The highest BCUT2D eigenvalue weighted by Crippen LogP contribution is 2.23. The van der Waals surface area contributed by atoms with Gasteiger partial charge in [0.05, 0.1) is 0 Å². The van der Waals surface area contributed by atoms with Gasteiger partial charge in [-0.2, -0.15) is 9.61 Å². The highest BCUT2D eigenvalue weighted by Gasteiger charge is 2.13. The number of aromatic nitrogens is 4. The van der Waals surface area contributed by atoms with Crippen molar-refractivity contribution in [2.24, 2.45) is 0 Å². The molecule has 0 aliphatic carbocycles. The molecule has 0 atom stereocenters. The van der Waals surface area contributed by atoms with Gasteiger partial charge < -0.3 is 0 Å². The average Bonchev–Trinajstić information content (AvgIpc) is 3.08. The van der Waals surface area contributed by atoms with Crippen LogP contribution < -0.4 is 0 Å². The second-order valence-electron chi connectivity index (χ2n) is 4.89. The zero-order valence-corrected chi connectivity index (χ0v) is 13.1. The number of hydrogen-bond acceptors (Lipinski definition) is 4. The summed E-state index contributed by atoms with van der Waals surface area (Å²) in [5.74, 6) is 0.768. The molecule has 2 aromatic heterocycles. The molecule has 22 heavy (non-hydrogen) atoms. The summed E-state index contributed by atoms with van der Waals surface area (Å²) in [6, 6.07) is 17.8. The molecule has 0 amide bonds. The summed E-state index contributed by atoms with van der Waals surface area (Å²) >= 11 is 7.58. The molecule has 0 spiro atoms. The monoisotopic (exact) mass is 326 g/mol. The molecule has 2 aromatic carbocycles. The molecule has 6 heteroatoms. The van der Waals surface area contributed by atoms with E-state index in [0.29, 0.717) is 0 Å². The van der Waals surface area contributed by atoms with E-state index < -0.39 is 0 Å². The Labute approximate surface area is 136 Å². The molecular formula is C16H11ClN4S. The van der Waals surface area contributed by atoms with Crippen molar-refractivity contribution in [2.75, 3.05) is 0 Å². The van der Waals surface area contributed by atoms with Crippen molar-refractivity contribution < 1.29 is 0 Å². The van der Waals surface area contributed by atoms with E-state index in [4.69, 9.17) is 11.6 Å². The molecule has 0 saturated carbocycles. The van der Waals surface area contributed by atoms with E-state index in [1.165, 1.54) is 0 Å². The summed E-state index contributed by atoms with van der Waals surface area (Å²) in [6.07, 6.45) is 0.739. The van der Waals surface area contributed by atoms with Crippen molar-refractivity contribution in [3.8, 4) is 11.4 Å². The van der Waals surface area contributed by atoms with Gasteiger partial charge in [0, 0.05) is 17.0 Å². The lowest BCUT2D eigenvalue weighted by Gasteiger charge is -1.98. The minimum Gasteiger partial charge on any atom is -0.183 e. The number of nitrogens with zero attached hydrogens (tertiary/aromatic N) is 4. The summed E-state index contributed by atoms with van der Waals surface area (Å²) < 4.78 is 1.81. The molecular weight excluding hydrogens is 316 g/mol. The first-order valence-electron chi connectivity index (χ1n) is 6.80. The second kappa shape index (κ2) is 5.51. The first kappa shape index (κ1) is 13.4. The van der Waals surface area contributed by atoms with E-state index >= 15 is 0 Å². The Balaban J connectivity index is 1.71. The van der Waals surface area contributed by atoms with Crippen LogP contribution in [-0.4, -0.2) is 19.8 Å². The first-order valence-corrected chi connectivity index (χ1v) is 8.00.